The average Bonchev–Trinajstić information content (AvgIpc) is 2.28. The fraction of sp³-hybridized carbons (Fsp3) is 0.500. The SMILES string of the molecule is CC(C)CN(Cc1cccc(Cl)c1)C(=O)CCN. The van der Waals surface area contributed by atoms with E-state index < -0.39 is 0 Å². The number of rotatable bonds is 6. The zero-order valence-electron chi connectivity index (χ0n) is 11.0. The van der Waals surface area contributed by atoms with Gasteiger partial charge in [-0.05, 0) is 23.6 Å². The van der Waals surface area contributed by atoms with E-state index >= 15 is 0 Å². The zero-order chi connectivity index (χ0) is 13.5. The van der Waals surface area contributed by atoms with E-state index in [2.05, 4.69) is 13.8 Å². The number of nitrogens with two attached hydrogens (primary N) is 1. The highest BCUT2D eigenvalue weighted by atomic mass is 35.5. The first kappa shape index (κ1) is 15.0. The van der Waals surface area contributed by atoms with Crippen molar-refractivity contribution in [2.75, 3.05) is 13.1 Å². The predicted molar refractivity (Wildman–Crippen MR) is 75.4 cm³/mol. The van der Waals surface area contributed by atoms with E-state index in [9.17, 15) is 4.79 Å². The topological polar surface area (TPSA) is 46.3 Å². The van der Waals surface area contributed by atoms with Crippen molar-refractivity contribution in [1.82, 2.24) is 4.90 Å². The Hall–Kier alpha value is -1.06. The molecule has 0 aromatic heterocycles. The van der Waals surface area contributed by atoms with Gasteiger partial charge in [0.15, 0.2) is 0 Å². The molecule has 3 nitrogen and oxygen atoms in total. The highest BCUT2D eigenvalue weighted by Crippen LogP contribution is 2.14. The minimum Gasteiger partial charge on any atom is -0.338 e. The third-order valence-corrected chi connectivity index (χ3v) is 2.79. The minimum atomic E-state index is 0.103. The summed E-state index contributed by atoms with van der Waals surface area (Å²) in [5.74, 6) is 0.539. The fourth-order valence-electron chi connectivity index (χ4n) is 1.83. The summed E-state index contributed by atoms with van der Waals surface area (Å²) in [5, 5.41) is 0.697. The van der Waals surface area contributed by atoms with Crippen molar-refractivity contribution in [3.8, 4) is 0 Å². The van der Waals surface area contributed by atoms with Crippen molar-refractivity contribution in [3.63, 3.8) is 0 Å². The number of amides is 1. The van der Waals surface area contributed by atoms with Crippen LogP contribution in [-0.4, -0.2) is 23.9 Å². The summed E-state index contributed by atoms with van der Waals surface area (Å²) in [6.45, 7) is 5.92. The molecule has 0 saturated carbocycles. The van der Waals surface area contributed by atoms with Gasteiger partial charge in [-0.1, -0.05) is 37.6 Å². The smallest absolute Gasteiger partial charge is 0.224 e. The molecule has 0 unspecified atom stereocenters. The Morgan fingerprint density at radius 1 is 1.44 bits per heavy atom. The maximum atomic E-state index is 12.0. The van der Waals surface area contributed by atoms with Crippen molar-refractivity contribution >= 4 is 17.5 Å². The number of halogens is 1. The Kier molecular flexibility index (Phi) is 6.16. The van der Waals surface area contributed by atoms with Crippen LogP contribution in [0, 0.1) is 5.92 Å². The van der Waals surface area contributed by atoms with E-state index in [1.54, 1.807) is 0 Å². The summed E-state index contributed by atoms with van der Waals surface area (Å²) in [4.78, 5) is 13.8. The molecular weight excluding hydrogens is 248 g/mol. The average molecular weight is 269 g/mol. The van der Waals surface area contributed by atoms with Gasteiger partial charge < -0.3 is 10.6 Å². The quantitative estimate of drug-likeness (QED) is 0.862. The van der Waals surface area contributed by atoms with E-state index in [0.29, 0.717) is 30.5 Å². The Morgan fingerprint density at radius 3 is 2.72 bits per heavy atom. The molecule has 0 heterocycles. The van der Waals surface area contributed by atoms with Gasteiger partial charge in [-0.15, -0.1) is 0 Å². The second-order valence-corrected chi connectivity index (χ2v) is 5.27. The van der Waals surface area contributed by atoms with Crippen LogP contribution in [0.15, 0.2) is 24.3 Å². The van der Waals surface area contributed by atoms with Crippen LogP contribution < -0.4 is 5.73 Å². The van der Waals surface area contributed by atoms with Crippen molar-refractivity contribution in [2.24, 2.45) is 11.7 Å². The van der Waals surface area contributed by atoms with Crippen LogP contribution in [0.2, 0.25) is 5.02 Å². The third-order valence-electron chi connectivity index (χ3n) is 2.56. The van der Waals surface area contributed by atoms with Crippen molar-refractivity contribution in [1.29, 1.82) is 0 Å². The first-order valence-electron chi connectivity index (χ1n) is 6.25. The fourth-order valence-corrected chi connectivity index (χ4v) is 2.05. The van der Waals surface area contributed by atoms with Crippen LogP contribution in [0.5, 0.6) is 0 Å². The molecule has 100 valence electrons. The van der Waals surface area contributed by atoms with Gasteiger partial charge in [0.05, 0.1) is 0 Å². The summed E-state index contributed by atoms with van der Waals surface area (Å²) in [6, 6.07) is 7.61. The van der Waals surface area contributed by atoms with Crippen LogP contribution in [-0.2, 0) is 11.3 Å². The molecule has 0 atom stereocenters. The van der Waals surface area contributed by atoms with Gasteiger partial charge in [-0.25, -0.2) is 0 Å². The minimum absolute atomic E-state index is 0.103. The Labute approximate surface area is 114 Å². The monoisotopic (exact) mass is 268 g/mol. The highest BCUT2D eigenvalue weighted by molar-refractivity contribution is 6.30. The van der Waals surface area contributed by atoms with E-state index in [0.717, 1.165) is 12.1 Å². The van der Waals surface area contributed by atoms with E-state index in [4.69, 9.17) is 17.3 Å². The molecular formula is C14H21ClN2O. The molecule has 4 heteroatoms. The standard InChI is InChI=1S/C14H21ClN2O/c1-11(2)9-17(14(18)6-7-16)10-12-4-3-5-13(15)8-12/h3-5,8,11H,6-7,9-10,16H2,1-2H3. The summed E-state index contributed by atoms with van der Waals surface area (Å²) in [7, 11) is 0. The number of carbonyl (C=O) groups is 1. The van der Waals surface area contributed by atoms with Crippen LogP contribution in [0.4, 0.5) is 0 Å². The molecule has 18 heavy (non-hydrogen) atoms. The zero-order valence-corrected chi connectivity index (χ0v) is 11.8. The highest BCUT2D eigenvalue weighted by Gasteiger charge is 2.14. The summed E-state index contributed by atoms with van der Waals surface area (Å²) in [5.41, 5.74) is 6.50. The Morgan fingerprint density at radius 2 is 2.17 bits per heavy atom. The molecule has 1 aromatic carbocycles. The lowest BCUT2D eigenvalue weighted by Crippen LogP contribution is -2.34. The Balaban J connectivity index is 2.74. The largest absolute Gasteiger partial charge is 0.338 e. The molecule has 2 N–H and O–H groups in total. The van der Waals surface area contributed by atoms with Crippen LogP contribution in [0.3, 0.4) is 0 Å². The molecule has 0 aliphatic carbocycles. The first-order chi connectivity index (χ1) is 8.52. The number of benzene rings is 1. The van der Waals surface area contributed by atoms with Crippen molar-refractivity contribution < 1.29 is 4.79 Å². The molecule has 0 fully saturated rings. The molecule has 1 aromatic rings. The number of hydrogen-bond donors (Lipinski definition) is 1. The summed E-state index contributed by atoms with van der Waals surface area (Å²) < 4.78 is 0. The number of hydrogen-bond acceptors (Lipinski definition) is 2. The second kappa shape index (κ2) is 7.39. The van der Waals surface area contributed by atoms with Crippen LogP contribution in [0.25, 0.3) is 0 Å². The van der Waals surface area contributed by atoms with Gasteiger partial charge in [0, 0.05) is 31.1 Å². The molecule has 1 amide bonds. The molecule has 0 bridgehead atoms. The second-order valence-electron chi connectivity index (χ2n) is 4.84. The lowest BCUT2D eigenvalue weighted by Gasteiger charge is -2.24. The predicted octanol–water partition coefficient (Wildman–Crippen LogP) is 2.67. The molecule has 0 aliphatic rings. The van der Waals surface area contributed by atoms with Gasteiger partial charge in [-0.2, -0.15) is 0 Å². The van der Waals surface area contributed by atoms with E-state index in [1.165, 1.54) is 0 Å². The van der Waals surface area contributed by atoms with E-state index in [1.807, 2.05) is 29.2 Å². The van der Waals surface area contributed by atoms with Crippen LogP contribution >= 0.6 is 11.6 Å². The molecule has 0 saturated heterocycles. The third kappa shape index (κ3) is 5.07. The normalized spacial score (nSPS) is 10.7. The maximum Gasteiger partial charge on any atom is 0.224 e. The maximum absolute atomic E-state index is 12.0. The first-order valence-corrected chi connectivity index (χ1v) is 6.63. The molecule has 0 spiro atoms. The van der Waals surface area contributed by atoms with Crippen molar-refractivity contribution in [2.45, 2.75) is 26.8 Å². The van der Waals surface area contributed by atoms with Gasteiger partial charge >= 0.3 is 0 Å². The lowest BCUT2D eigenvalue weighted by atomic mass is 10.1. The molecule has 0 aliphatic heterocycles. The number of nitrogens with zero attached hydrogens (tertiary/aromatic N) is 1. The number of carbonyl (C=O) groups excluding carboxylic acids is 1. The summed E-state index contributed by atoms with van der Waals surface area (Å²) >= 11 is 5.95. The molecule has 1 rings (SSSR count). The Bertz CT molecular complexity index is 393. The lowest BCUT2D eigenvalue weighted by molar-refractivity contribution is -0.132. The van der Waals surface area contributed by atoms with Gasteiger partial charge in [0.25, 0.3) is 0 Å². The van der Waals surface area contributed by atoms with Gasteiger partial charge in [0.1, 0.15) is 0 Å². The van der Waals surface area contributed by atoms with Gasteiger partial charge in [0.2, 0.25) is 5.91 Å². The van der Waals surface area contributed by atoms with E-state index in [-0.39, 0.29) is 5.91 Å². The van der Waals surface area contributed by atoms with Gasteiger partial charge in [-0.3, -0.25) is 4.79 Å². The summed E-state index contributed by atoms with van der Waals surface area (Å²) in [6.07, 6.45) is 0.396. The molecule has 0 radical (unpaired) electrons. The van der Waals surface area contributed by atoms with Crippen molar-refractivity contribution in [3.05, 3.63) is 34.9 Å². The van der Waals surface area contributed by atoms with Crippen LogP contribution in [0.1, 0.15) is 25.8 Å².